The molecule has 5 heteroatoms. The van der Waals surface area contributed by atoms with Crippen LogP contribution in [0.2, 0.25) is 0 Å². The summed E-state index contributed by atoms with van der Waals surface area (Å²) < 4.78 is 33.0. The van der Waals surface area contributed by atoms with E-state index in [0.29, 0.717) is 5.75 Å². The van der Waals surface area contributed by atoms with Crippen molar-refractivity contribution in [2.24, 2.45) is 0 Å². The van der Waals surface area contributed by atoms with Crippen LogP contribution < -0.4 is 4.74 Å². The molecule has 0 heterocycles. The molecule has 2 aromatic carbocycles. The van der Waals surface area contributed by atoms with Gasteiger partial charge in [0.15, 0.2) is 17.4 Å². The lowest BCUT2D eigenvalue weighted by molar-refractivity contribution is 0.407. The number of hydrogen-bond acceptors (Lipinski definition) is 2. The van der Waals surface area contributed by atoms with E-state index in [-0.39, 0.29) is 5.56 Å². The number of rotatable bonds is 2. The maximum atomic E-state index is 13.5. The highest BCUT2D eigenvalue weighted by atomic mass is 79.9. The summed E-state index contributed by atoms with van der Waals surface area (Å²) in [6.45, 7) is 0. The molecule has 0 N–H and O–H groups in total. The summed E-state index contributed by atoms with van der Waals surface area (Å²) in [5.41, 5.74) is -0.0897. The summed E-state index contributed by atoms with van der Waals surface area (Å²) in [4.78, 5) is 0. The van der Waals surface area contributed by atoms with E-state index in [2.05, 4.69) is 15.9 Å². The van der Waals surface area contributed by atoms with Crippen molar-refractivity contribution in [3.05, 3.63) is 58.1 Å². The van der Waals surface area contributed by atoms with Crippen LogP contribution >= 0.6 is 15.9 Å². The van der Waals surface area contributed by atoms with Gasteiger partial charge in [-0.05, 0) is 36.4 Å². The van der Waals surface area contributed by atoms with Crippen LogP contribution in [0.1, 0.15) is 5.56 Å². The van der Waals surface area contributed by atoms with Crippen LogP contribution in [-0.2, 0) is 0 Å². The zero-order valence-corrected chi connectivity index (χ0v) is 10.5. The van der Waals surface area contributed by atoms with Crippen LogP contribution in [0.3, 0.4) is 0 Å². The molecule has 0 unspecified atom stereocenters. The van der Waals surface area contributed by atoms with Gasteiger partial charge in [0.25, 0.3) is 0 Å². The summed E-state index contributed by atoms with van der Waals surface area (Å²) in [6, 6.07) is 10.0. The van der Waals surface area contributed by atoms with E-state index in [1.165, 1.54) is 0 Å². The van der Waals surface area contributed by atoms with Gasteiger partial charge in [-0.25, -0.2) is 8.78 Å². The van der Waals surface area contributed by atoms with Gasteiger partial charge in [0.1, 0.15) is 5.75 Å². The Kier molecular flexibility index (Phi) is 3.58. The van der Waals surface area contributed by atoms with Crippen molar-refractivity contribution in [3.63, 3.8) is 0 Å². The van der Waals surface area contributed by atoms with E-state index in [1.54, 1.807) is 30.3 Å². The molecule has 0 aliphatic heterocycles. The molecular weight excluding hydrogens is 304 g/mol. The molecule has 0 saturated carbocycles. The van der Waals surface area contributed by atoms with Gasteiger partial charge in [0.05, 0.1) is 11.6 Å². The van der Waals surface area contributed by atoms with Crippen LogP contribution in [0.25, 0.3) is 0 Å². The standard InChI is InChI=1S/C13H6BrF2NO/c14-9-1-3-10(4-2-9)18-13-11(15)5-8(7-17)6-12(13)16/h1-6H. The molecule has 0 atom stereocenters. The van der Waals surface area contributed by atoms with Gasteiger partial charge in [0.2, 0.25) is 0 Å². The number of ether oxygens (including phenoxy) is 1. The van der Waals surface area contributed by atoms with Crippen LogP contribution in [0, 0.1) is 23.0 Å². The summed E-state index contributed by atoms with van der Waals surface area (Å²) in [6.07, 6.45) is 0. The third-order valence-electron chi connectivity index (χ3n) is 2.16. The van der Waals surface area contributed by atoms with Gasteiger partial charge >= 0.3 is 0 Å². The predicted octanol–water partition coefficient (Wildman–Crippen LogP) is 4.39. The van der Waals surface area contributed by atoms with Crippen molar-refractivity contribution in [2.75, 3.05) is 0 Å². The van der Waals surface area contributed by atoms with Crippen LogP contribution in [0.4, 0.5) is 8.78 Å². The lowest BCUT2D eigenvalue weighted by Gasteiger charge is -2.08. The van der Waals surface area contributed by atoms with Gasteiger partial charge in [0, 0.05) is 4.47 Å². The third kappa shape index (κ3) is 2.66. The molecule has 0 aliphatic carbocycles. The summed E-state index contributed by atoms with van der Waals surface area (Å²) in [5.74, 6) is -2.03. The fourth-order valence-corrected chi connectivity index (χ4v) is 1.61. The Morgan fingerprint density at radius 3 is 2.11 bits per heavy atom. The van der Waals surface area contributed by atoms with E-state index in [4.69, 9.17) is 10.00 Å². The van der Waals surface area contributed by atoms with E-state index in [0.717, 1.165) is 16.6 Å². The number of nitriles is 1. The van der Waals surface area contributed by atoms with Crippen molar-refractivity contribution in [2.45, 2.75) is 0 Å². The zero-order valence-electron chi connectivity index (χ0n) is 8.95. The lowest BCUT2D eigenvalue weighted by Crippen LogP contribution is -1.94. The molecule has 0 aliphatic rings. The van der Waals surface area contributed by atoms with Crippen molar-refractivity contribution in [1.29, 1.82) is 5.26 Å². The van der Waals surface area contributed by atoms with Crippen LogP contribution in [-0.4, -0.2) is 0 Å². The fraction of sp³-hybridized carbons (Fsp3) is 0. The quantitative estimate of drug-likeness (QED) is 0.824. The molecule has 0 bridgehead atoms. The molecule has 0 saturated heterocycles. The largest absolute Gasteiger partial charge is 0.451 e. The molecule has 90 valence electrons. The van der Waals surface area contributed by atoms with E-state index in [9.17, 15) is 8.78 Å². The van der Waals surface area contributed by atoms with Gasteiger partial charge in [-0.15, -0.1) is 0 Å². The second-order valence-electron chi connectivity index (χ2n) is 3.44. The van der Waals surface area contributed by atoms with Crippen molar-refractivity contribution < 1.29 is 13.5 Å². The summed E-state index contributed by atoms with van der Waals surface area (Å²) in [7, 11) is 0. The average Bonchev–Trinajstić information content (AvgIpc) is 2.35. The molecule has 18 heavy (non-hydrogen) atoms. The highest BCUT2D eigenvalue weighted by molar-refractivity contribution is 9.10. The highest BCUT2D eigenvalue weighted by Crippen LogP contribution is 2.29. The number of halogens is 3. The first-order valence-electron chi connectivity index (χ1n) is 4.92. The molecule has 2 nitrogen and oxygen atoms in total. The van der Waals surface area contributed by atoms with Gasteiger partial charge < -0.3 is 4.74 Å². The zero-order chi connectivity index (χ0) is 13.1. The first kappa shape index (κ1) is 12.5. The number of benzene rings is 2. The first-order chi connectivity index (χ1) is 8.60. The van der Waals surface area contributed by atoms with Crippen LogP contribution in [0.15, 0.2) is 40.9 Å². The Labute approximate surface area is 111 Å². The maximum absolute atomic E-state index is 13.5. The van der Waals surface area contributed by atoms with Crippen molar-refractivity contribution >= 4 is 15.9 Å². The second kappa shape index (κ2) is 5.15. The monoisotopic (exact) mass is 309 g/mol. The normalized spacial score (nSPS) is 9.89. The van der Waals surface area contributed by atoms with E-state index < -0.39 is 17.4 Å². The van der Waals surface area contributed by atoms with Gasteiger partial charge in [-0.1, -0.05) is 15.9 Å². The SMILES string of the molecule is N#Cc1cc(F)c(Oc2ccc(Br)cc2)c(F)c1. The molecule has 0 amide bonds. The minimum atomic E-state index is -0.908. The molecule has 0 fully saturated rings. The third-order valence-corrected chi connectivity index (χ3v) is 2.69. The minimum Gasteiger partial charge on any atom is -0.451 e. The highest BCUT2D eigenvalue weighted by Gasteiger charge is 2.13. The molecule has 2 rings (SSSR count). The number of nitrogens with zero attached hydrogens (tertiary/aromatic N) is 1. The predicted molar refractivity (Wildman–Crippen MR) is 65.3 cm³/mol. The lowest BCUT2D eigenvalue weighted by atomic mass is 10.2. The fourth-order valence-electron chi connectivity index (χ4n) is 1.34. The molecule has 0 aromatic heterocycles. The Morgan fingerprint density at radius 2 is 1.61 bits per heavy atom. The Hall–Kier alpha value is -1.93. The van der Waals surface area contributed by atoms with E-state index in [1.807, 2.05) is 0 Å². The molecule has 2 aromatic rings. The molecular formula is C13H6BrF2NO. The Morgan fingerprint density at radius 1 is 1.06 bits per heavy atom. The smallest absolute Gasteiger partial charge is 0.198 e. The van der Waals surface area contributed by atoms with Crippen LogP contribution in [0.5, 0.6) is 11.5 Å². The van der Waals surface area contributed by atoms with Gasteiger partial charge in [-0.3, -0.25) is 0 Å². The van der Waals surface area contributed by atoms with E-state index >= 15 is 0 Å². The topological polar surface area (TPSA) is 33.0 Å². The molecule has 0 radical (unpaired) electrons. The molecule has 0 spiro atoms. The van der Waals surface area contributed by atoms with Gasteiger partial charge in [-0.2, -0.15) is 5.26 Å². The van der Waals surface area contributed by atoms with Crippen molar-refractivity contribution in [3.8, 4) is 17.6 Å². The summed E-state index contributed by atoms with van der Waals surface area (Å²) >= 11 is 3.24. The Bertz CT molecular complexity index is 597. The number of hydrogen-bond donors (Lipinski definition) is 0. The summed E-state index contributed by atoms with van der Waals surface area (Å²) in [5, 5.41) is 8.57. The maximum Gasteiger partial charge on any atom is 0.198 e. The van der Waals surface area contributed by atoms with Crippen molar-refractivity contribution in [1.82, 2.24) is 0 Å². The Balaban J connectivity index is 2.35. The average molecular weight is 310 g/mol. The first-order valence-corrected chi connectivity index (χ1v) is 5.72. The minimum absolute atomic E-state index is 0.0897. The second-order valence-corrected chi connectivity index (χ2v) is 4.35.